The van der Waals surface area contributed by atoms with Crippen LogP contribution < -0.4 is 5.73 Å². The second kappa shape index (κ2) is 2.36. The van der Waals surface area contributed by atoms with Crippen molar-refractivity contribution < 1.29 is 0 Å². The molecule has 1 heteroatoms. The molecule has 0 saturated carbocycles. The van der Waals surface area contributed by atoms with Gasteiger partial charge in [-0.15, -0.1) is 0 Å². The molecular weight excluding hydrogens is 110 g/mol. The SMILES string of the molecule is CC1=CC(C)C=CC1N. The topological polar surface area (TPSA) is 26.0 Å². The van der Waals surface area contributed by atoms with Crippen LogP contribution in [0.5, 0.6) is 0 Å². The molecule has 0 aliphatic heterocycles. The molecule has 0 aromatic heterocycles. The van der Waals surface area contributed by atoms with Gasteiger partial charge in [-0.25, -0.2) is 0 Å². The third-order valence-corrected chi connectivity index (χ3v) is 1.67. The second-order valence-electron chi connectivity index (χ2n) is 2.68. The lowest BCUT2D eigenvalue weighted by Crippen LogP contribution is -2.21. The molecule has 2 atom stereocenters. The molecule has 0 fully saturated rings. The van der Waals surface area contributed by atoms with Gasteiger partial charge in [0.25, 0.3) is 0 Å². The summed E-state index contributed by atoms with van der Waals surface area (Å²) in [6.45, 7) is 4.23. The molecule has 1 nitrogen and oxygen atoms in total. The molecule has 0 radical (unpaired) electrons. The minimum absolute atomic E-state index is 0.168. The van der Waals surface area contributed by atoms with Crippen molar-refractivity contribution in [3.63, 3.8) is 0 Å². The van der Waals surface area contributed by atoms with Crippen LogP contribution in [0.3, 0.4) is 0 Å². The molecule has 0 aromatic rings. The number of hydrogen-bond donors (Lipinski definition) is 1. The van der Waals surface area contributed by atoms with Gasteiger partial charge < -0.3 is 5.73 Å². The number of rotatable bonds is 0. The summed E-state index contributed by atoms with van der Waals surface area (Å²) in [5, 5.41) is 0. The maximum atomic E-state index is 5.69. The quantitative estimate of drug-likeness (QED) is 0.485. The molecule has 2 N–H and O–H groups in total. The van der Waals surface area contributed by atoms with E-state index < -0.39 is 0 Å². The molecule has 0 saturated heterocycles. The molecule has 0 amide bonds. The van der Waals surface area contributed by atoms with Crippen LogP contribution >= 0.6 is 0 Å². The van der Waals surface area contributed by atoms with Crippen molar-refractivity contribution in [3.8, 4) is 0 Å². The lowest BCUT2D eigenvalue weighted by molar-refractivity contribution is 0.825. The molecule has 0 aromatic carbocycles. The molecule has 1 aliphatic rings. The third-order valence-electron chi connectivity index (χ3n) is 1.67. The van der Waals surface area contributed by atoms with E-state index in [0.717, 1.165) is 0 Å². The molecule has 50 valence electrons. The van der Waals surface area contributed by atoms with Crippen LogP contribution in [-0.4, -0.2) is 6.04 Å². The first-order chi connectivity index (χ1) is 4.20. The highest BCUT2D eigenvalue weighted by molar-refractivity contribution is 5.23. The Balaban J connectivity index is 2.70. The first kappa shape index (κ1) is 6.56. The first-order valence-corrected chi connectivity index (χ1v) is 3.32. The molecule has 0 heterocycles. The van der Waals surface area contributed by atoms with E-state index >= 15 is 0 Å². The monoisotopic (exact) mass is 123 g/mol. The van der Waals surface area contributed by atoms with Crippen molar-refractivity contribution in [2.75, 3.05) is 0 Å². The third kappa shape index (κ3) is 1.42. The highest BCUT2D eigenvalue weighted by Crippen LogP contribution is 2.13. The minimum atomic E-state index is 0.168. The van der Waals surface area contributed by atoms with Crippen LogP contribution in [0.2, 0.25) is 0 Å². The molecule has 0 spiro atoms. The van der Waals surface area contributed by atoms with Crippen molar-refractivity contribution in [2.24, 2.45) is 11.7 Å². The zero-order valence-corrected chi connectivity index (χ0v) is 5.96. The van der Waals surface area contributed by atoms with Crippen molar-refractivity contribution in [3.05, 3.63) is 23.8 Å². The van der Waals surface area contributed by atoms with E-state index in [0.29, 0.717) is 5.92 Å². The van der Waals surface area contributed by atoms with Gasteiger partial charge in [-0.2, -0.15) is 0 Å². The molecular formula is C8H13N. The van der Waals surface area contributed by atoms with Gasteiger partial charge in [0.15, 0.2) is 0 Å². The second-order valence-corrected chi connectivity index (χ2v) is 2.68. The Kier molecular flexibility index (Phi) is 1.72. The van der Waals surface area contributed by atoms with E-state index in [1.807, 2.05) is 0 Å². The van der Waals surface area contributed by atoms with Gasteiger partial charge >= 0.3 is 0 Å². The van der Waals surface area contributed by atoms with Gasteiger partial charge in [0.2, 0.25) is 0 Å². The molecule has 0 bridgehead atoms. The molecule has 9 heavy (non-hydrogen) atoms. The Hall–Kier alpha value is -0.560. The van der Waals surface area contributed by atoms with E-state index in [2.05, 4.69) is 32.1 Å². The van der Waals surface area contributed by atoms with E-state index in [4.69, 9.17) is 5.73 Å². The first-order valence-electron chi connectivity index (χ1n) is 3.32. The van der Waals surface area contributed by atoms with Crippen molar-refractivity contribution >= 4 is 0 Å². The fourth-order valence-corrected chi connectivity index (χ4v) is 1.03. The standard InChI is InChI=1S/C8H13N/c1-6-3-4-8(9)7(2)5-6/h3-6,8H,9H2,1-2H3. The van der Waals surface area contributed by atoms with Gasteiger partial charge in [-0.3, -0.25) is 0 Å². The molecule has 2 unspecified atom stereocenters. The highest BCUT2D eigenvalue weighted by Gasteiger charge is 2.06. The van der Waals surface area contributed by atoms with E-state index in [1.54, 1.807) is 0 Å². The lowest BCUT2D eigenvalue weighted by atomic mass is 9.96. The fraction of sp³-hybridized carbons (Fsp3) is 0.500. The summed E-state index contributed by atoms with van der Waals surface area (Å²) in [6, 6.07) is 0.168. The Labute approximate surface area is 56.2 Å². The Morgan fingerprint density at radius 1 is 1.44 bits per heavy atom. The summed E-state index contributed by atoms with van der Waals surface area (Å²) in [7, 11) is 0. The van der Waals surface area contributed by atoms with Gasteiger partial charge in [0.1, 0.15) is 0 Å². The number of nitrogens with two attached hydrogens (primary N) is 1. The zero-order chi connectivity index (χ0) is 6.85. The minimum Gasteiger partial charge on any atom is -0.321 e. The van der Waals surface area contributed by atoms with E-state index in [9.17, 15) is 0 Å². The van der Waals surface area contributed by atoms with Crippen LogP contribution in [0.4, 0.5) is 0 Å². The summed E-state index contributed by atoms with van der Waals surface area (Å²) in [4.78, 5) is 0. The predicted octanol–water partition coefficient (Wildman–Crippen LogP) is 1.47. The van der Waals surface area contributed by atoms with Gasteiger partial charge in [-0.1, -0.05) is 30.7 Å². The average molecular weight is 123 g/mol. The van der Waals surface area contributed by atoms with Crippen LogP contribution in [-0.2, 0) is 0 Å². The zero-order valence-electron chi connectivity index (χ0n) is 5.96. The highest BCUT2D eigenvalue weighted by atomic mass is 14.6. The smallest absolute Gasteiger partial charge is 0.0437 e. The summed E-state index contributed by atoms with van der Waals surface area (Å²) >= 11 is 0. The normalized spacial score (nSPS) is 34.3. The van der Waals surface area contributed by atoms with Crippen LogP contribution in [0, 0.1) is 5.92 Å². The molecule has 1 aliphatic carbocycles. The van der Waals surface area contributed by atoms with Gasteiger partial charge in [-0.05, 0) is 12.8 Å². The Morgan fingerprint density at radius 3 is 2.56 bits per heavy atom. The van der Waals surface area contributed by atoms with Gasteiger partial charge in [0.05, 0.1) is 0 Å². The summed E-state index contributed by atoms with van der Waals surface area (Å²) < 4.78 is 0. The maximum Gasteiger partial charge on any atom is 0.0437 e. The van der Waals surface area contributed by atoms with Crippen LogP contribution in [0.1, 0.15) is 13.8 Å². The lowest BCUT2D eigenvalue weighted by Gasteiger charge is -2.14. The summed E-state index contributed by atoms with van der Waals surface area (Å²) in [5.41, 5.74) is 6.97. The largest absolute Gasteiger partial charge is 0.321 e. The Morgan fingerprint density at radius 2 is 2.11 bits per heavy atom. The van der Waals surface area contributed by atoms with Crippen molar-refractivity contribution in [2.45, 2.75) is 19.9 Å². The Bertz CT molecular complexity index is 156. The van der Waals surface area contributed by atoms with E-state index in [-0.39, 0.29) is 6.04 Å². The molecule has 1 rings (SSSR count). The number of hydrogen-bond acceptors (Lipinski definition) is 1. The van der Waals surface area contributed by atoms with Crippen molar-refractivity contribution in [1.29, 1.82) is 0 Å². The number of allylic oxidation sites excluding steroid dienone is 2. The van der Waals surface area contributed by atoms with Crippen LogP contribution in [0.25, 0.3) is 0 Å². The fourth-order valence-electron chi connectivity index (χ4n) is 1.03. The summed E-state index contributed by atoms with van der Waals surface area (Å²) in [5.74, 6) is 0.574. The van der Waals surface area contributed by atoms with Crippen molar-refractivity contribution in [1.82, 2.24) is 0 Å². The van der Waals surface area contributed by atoms with Gasteiger partial charge in [0, 0.05) is 6.04 Å². The van der Waals surface area contributed by atoms with Crippen LogP contribution in [0.15, 0.2) is 23.8 Å². The average Bonchev–Trinajstić information content (AvgIpc) is 1.80. The predicted molar refractivity (Wildman–Crippen MR) is 40.0 cm³/mol. The summed E-state index contributed by atoms with van der Waals surface area (Å²) in [6.07, 6.45) is 6.39. The van der Waals surface area contributed by atoms with E-state index in [1.165, 1.54) is 5.57 Å². The maximum absolute atomic E-state index is 5.69.